The highest BCUT2D eigenvalue weighted by molar-refractivity contribution is 9.10. The number of hydrogen-bond acceptors (Lipinski definition) is 3. The number of piperidine rings is 1. The van der Waals surface area contributed by atoms with Crippen molar-refractivity contribution < 1.29 is 4.79 Å². The van der Waals surface area contributed by atoms with E-state index >= 15 is 0 Å². The summed E-state index contributed by atoms with van der Waals surface area (Å²) < 4.78 is 1.08. The molecular formula is C18H20BrN3O. The molecule has 1 aromatic carbocycles. The Morgan fingerprint density at radius 3 is 2.61 bits per heavy atom. The van der Waals surface area contributed by atoms with Crippen molar-refractivity contribution in [2.24, 2.45) is 0 Å². The molecule has 1 saturated heterocycles. The lowest BCUT2D eigenvalue weighted by Crippen LogP contribution is -2.35. The van der Waals surface area contributed by atoms with Gasteiger partial charge >= 0.3 is 0 Å². The molecule has 1 fully saturated rings. The number of carbonyl (C=O) groups excluding carboxylic acids is 1. The molecule has 23 heavy (non-hydrogen) atoms. The summed E-state index contributed by atoms with van der Waals surface area (Å²) in [5.41, 5.74) is 2.80. The molecule has 5 heteroatoms. The fraction of sp³-hybridized carbons (Fsp3) is 0.333. The zero-order valence-corrected chi connectivity index (χ0v) is 14.8. The molecule has 1 N–H and O–H groups in total. The molecule has 0 unspecified atom stereocenters. The molecule has 0 spiro atoms. The maximum absolute atomic E-state index is 12.4. The molecule has 120 valence electrons. The van der Waals surface area contributed by atoms with Gasteiger partial charge in [-0.25, -0.2) is 4.98 Å². The highest BCUT2D eigenvalue weighted by Crippen LogP contribution is 2.22. The molecule has 2 heterocycles. The van der Waals surface area contributed by atoms with E-state index in [1.54, 1.807) is 6.20 Å². The number of amides is 1. The van der Waals surface area contributed by atoms with E-state index in [2.05, 4.69) is 32.3 Å². The summed E-state index contributed by atoms with van der Waals surface area (Å²) in [4.78, 5) is 18.7. The lowest BCUT2D eigenvalue weighted by atomic mass is 10.1. The van der Waals surface area contributed by atoms with Crippen LogP contribution in [0.4, 0.5) is 11.5 Å². The maximum Gasteiger partial charge on any atom is 0.255 e. The van der Waals surface area contributed by atoms with Crippen LogP contribution in [-0.4, -0.2) is 28.9 Å². The lowest BCUT2D eigenvalue weighted by Gasteiger charge is -2.26. The average Bonchev–Trinajstić information content (AvgIpc) is 2.59. The van der Waals surface area contributed by atoms with Crippen LogP contribution in [0.5, 0.6) is 0 Å². The number of benzene rings is 1. The summed E-state index contributed by atoms with van der Waals surface area (Å²) >= 11 is 3.49. The first-order valence-electron chi connectivity index (χ1n) is 7.92. The Kier molecular flexibility index (Phi) is 4.96. The molecule has 1 amide bonds. The van der Waals surface area contributed by atoms with Gasteiger partial charge in [0.2, 0.25) is 0 Å². The minimum absolute atomic E-state index is 0.0863. The highest BCUT2D eigenvalue weighted by atomic mass is 79.9. The van der Waals surface area contributed by atoms with E-state index in [-0.39, 0.29) is 5.91 Å². The normalized spacial score (nSPS) is 14.6. The predicted molar refractivity (Wildman–Crippen MR) is 96.2 cm³/mol. The first-order chi connectivity index (χ1) is 11.1. The number of pyridine rings is 1. The molecule has 4 nitrogen and oxygen atoms in total. The second-order valence-corrected chi connectivity index (χ2v) is 6.73. The molecule has 0 atom stereocenters. The summed E-state index contributed by atoms with van der Waals surface area (Å²) in [5, 5.41) is 3.26. The minimum atomic E-state index is 0.0863. The van der Waals surface area contributed by atoms with Crippen molar-refractivity contribution in [1.29, 1.82) is 0 Å². The maximum atomic E-state index is 12.4. The Labute approximate surface area is 145 Å². The molecular weight excluding hydrogens is 354 g/mol. The van der Waals surface area contributed by atoms with Gasteiger partial charge in [0, 0.05) is 29.4 Å². The second kappa shape index (κ2) is 7.13. The van der Waals surface area contributed by atoms with E-state index < -0.39 is 0 Å². The zero-order valence-electron chi connectivity index (χ0n) is 13.2. The van der Waals surface area contributed by atoms with E-state index in [9.17, 15) is 4.79 Å². The predicted octanol–water partition coefficient (Wildman–Crippen LogP) is 4.52. The number of carbonyl (C=O) groups is 1. The SMILES string of the molecule is Cc1cc(Nc2ccc(C(=O)N3CCCCC3)cn2)ccc1Br. The van der Waals surface area contributed by atoms with Gasteiger partial charge in [0.15, 0.2) is 0 Å². The summed E-state index contributed by atoms with van der Waals surface area (Å²) in [7, 11) is 0. The van der Waals surface area contributed by atoms with Crippen molar-refractivity contribution in [3.05, 3.63) is 52.1 Å². The Balaban J connectivity index is 1.68. The summed E-state index contributed by atoms with van der Waals surface area (Å²) in [6.07, 6.45) is 5.08. The number of nitrogens with one attached hydrogen (secondary N) is 1. The number of likely N-dealkylation sites (tertiary alicyclic amines) is 1. The van der Waals surface area contributed by atoms with Crippen LogP contribution in [0.1, 0.15) is 35.2 Å². The Morgan fingerprint density at radius 2 is 1.96 bits per heavy atom. The Morgan fingerprint density at radius 1 is 1.17 bits per heavy atom. The third-order valence-corrected chi connectivity index (χ3v) is 4.97. The molecule has 0 saturated carbocycles. The fourth-order valence-corrected chi connectivity index (χ4v) is 2.99. The summed E-state index contributed by atoms with van der Waals surface area (Å²) in [6, 6.07) is 9.75. The van der Waals surface area contributed by atoms with Gasteiger partial charge in [-0.3, -0.25) is 4.79 Å². The number of aromatic nitrogens is 1. The molecule has 0 radical (unpaired) electrons. The molecule has 1 aliphatic rings. The highest BCUT2D eigenvalue weighted by Gasteiger charge is 2.18. The number of rotatable bonds is 3. The van der Waals surface area contributed by atoms with Gasteiger partial charge < -0.3 is 10.2 Å². The smallest absolute Gasteiger partial charge is 0.255 e. The van der Waals surface area contributed by atoms with Gasteiger partial charge in [0.05, 0.1) is 5.56 Å². The molecule has 1 aromatic heterocycles. The van der Waals surface area contributed by atoms with Crippen molar-refractivity contribution in [2.45, 2.75) is 26.2 Å². The minimum Gasteiger partial charge on any atom is -0.340 e. The standard InChI is InChI=1S/C18H20BrN3O/c1-13-11-15(6-7-16(13)19)21-17-8-5-14(12-20-17)18(23)22-9-3-2-4-10-22/h5-8,11-12H,2-4,9-10H2,1H3,(H,20,21). The van der Waals surface area contributed by atoms with Crippen LogP contribution in [0, 0.1) is 6.92 Å². The Bertz CT molecular complexity index is 694. The van der Waals surface area contributed by atoms with Crippen LogP contribution < -0.4 is 5.32 Å². The van der Waals surface area contributed by atoms with Crippen molar-refractivity contribution >= 4 is 33.3 Å². The quantitative estimate of drug-likeness (QED) is 0.859. The largest absolute Gasteiger partial charge is 0.340 e. The van der Waals surface area contributed by atoms with Crippen LogP contribution >= 0.6 is 15.9 Å². The number of anilines is 2. The molecule has 2 aromatic rings. The zero-order chi connectivity index (χ0) is 16.2. The van der Waals surface area contributed by atoms with E-state index in [0.29, 0.717) is 5.56 Å². The van der Waals surface area contributed by atoms with Crippen LogP contribution in [0.3, 0.4) is 0 Å². The van der Waals surface area contributed by atoms with Crippen molar-refractivity contribution in [2.75, 3.05) is 18.4 Å². The number of nitrogens with zero attached hydrogens (tertiary/aromatic N) is 2. The fourth-order valence-electron chi connectivity index (χ4n) is 2.74. The van der Waals surface area contributed by atoms with Crippen LogP contribution in [-0.2, 0) is 0 Å². The van der Waals surface area contributed by atoms with Crippen LogP contribution in [0.15, 0.2) is 41.0 Å². The van der Waals surface area contributed by atoms with E-state index in [1.165, 1.54) is 6.42 Å². The van der Waals surface area contributed by atoms with Crippen molar-refractivity contribution in [3.8, 4) is 0 Å². The summed E-state index contributed by atoms with van der Waals surface area (Å²) in [5.74, 6) is 0.824. The lowest BCUT2D eigenvalue weighted by molar-refractivity contribution is 0.0724. The van der Waals surface area contributed by atoms with Crippen molar-refractivity contribution in [3.63, 3.8) is 0 Å². The third kappa shape index (κ3) is 3.91. The summed E-state index contributed by atoms with van der Waals surface area (Å²) in [6.45, 7) is 3.76. The topological polar surface area (TPSA) is 45.2 Å². The van der Waals surface area contributed by atoms with E-state index in [0.717, 1.165) is 47.5 Å². The average molecular weight is 374 g/mol. The molecule has 3 rings (SSSR count). The third-order valence-electron chi connectivity index (χ3n) is 4.08. The van der Waals surface area contributed by atoms with E-state index in [4.69, 9.17) is 0 Å². The number of hydrogen-bond donors (Lipinski definition) is 1. The van der Waals surface area contributed by atoms with Crippen LogP contribution in [0.25, 0.3) is 0 Å². The van der Waals surface area contributed by atoms with Gasteiger partial charge in [0.1, 0.15) is 5.82 Å². The van der Waals surface area contributed by atoms with Crippen molar-refractivity contribution in [1.82, 2.24) is 9.88 Å². The van der Waals surface area contributed by atoms with Gasteiger partial charge in [-0.2, -0.15) is 0 Å². The monoisotopic (exact) mass is 373 g/mol. The Hall–Kier alpha value is -1.88. The number of aryl methyl sites for hydroxylation is 1. The van der Waals surface area contributed by atoms with E-state index in [1.807, 2.05) is 36.1 Å². The first kappa shape index (κ1) is 16.0. The first-order valence-corrected chi connectivity index (χ1v) is 8.71. The van der Waals surface area contributed by atoms with Gasteiger partial charge in [-0.05, 0) is 62.1 Å². The van der Waals surface area contributed by atoms with Gasteiger partial charge in [-0.15, -0.1) is 0 Å². The molecule has 1 aliphatic heterocycles. The van der Waals surface area contributed by atoms with Crippen LogP contribution in [0.2, 0.25) is 0 Å². The second-order valence-electron chi connectivity index (χ2n) is 5.87. The number of halogens is 1. The molecule has 0 aliphatic carbocycles. The van der Waals surface area contributed by atoms with Gasteiger partial charge in [0.25, 0.3) is 5.91 Å². The van der Waals surface area contributed by atoms with Gasteiger partial charge in [-0.1, -0.05) is 15.9 Å². The molecule has 0 bridgehead atoms.